The van der Waals surface area contributed by atoms with Gasteiger partial charge < -0.3 is 9.64 Å². The predicted octanol–water partition coefficient (Wildman–Crippen LogP) is 4.25. The van der Waals surface area contributed by atoms with Gasteiger partial charge in [0.1, 0.15) is 0 Å². The number of para-hydroxylation sites is 1. The van der Waals surface area contributed by atoms with Crippen molar-refractivity contribution in [3.05, 3.63) is 66.2 Å². The van der Waals surface area contributed by atoms with Crippen LogP contribution in [0.3, 0.4) is 0 Å². The van der Waals surface area contributed by atoms with Crippen LogP contribution >= 0.6 is 0 Å². The van der Waals surface area contributed by atoms with Crippen LogP contribution in [0, 0.1) is 5.92 Å². The zero-order chi connectivity index (χ0) is 16.8. The van der Waals surface area contributed by atoms with Gasteiger partial charge in [0.25, 0.3) is 0 Å². The summed E-state index contributed by atoms with van der Waals surface area (Å²) in [6, 6.07) is 20.4. The molecule has 0 amide bonds. The van der Waals surface area contributed by atoms with Gasteiger partial charge in [-0.15, -0.1) is 0 Å². The van der Waals surface area contributed by atoms with Gasteiger partial charge in [0.15, 0.2) is 0 Å². The highest BCUT2D eigenvalue weighted by atomic mass is 16.5. The molecule has 3 nitrogen and oxygen atoms in total. The molecule has 2 aromatic carbocycles. The third-order valence-electron chi connectivity index (χ3n) is 4.76. The number of esters is 1. The molecule has 0 spiro atoms. The minimum Gasteiger partial charge on any atom is -0.465 e. The Balaban J connectivity index is 1.52. The molecule has 1 heterocycles. The van der Waals surface area contributed by atoms with Crippen molar-refractivity contribution in [2.45, 2.75) is 25.7 Å². The summed E-state index contributed by atoms with van der Waals surface area (Å²) < 4.78 is 5.65. The van der Waals surface area contributed by atoms with Crippen molar-refractivity contribution in [1.82, 2.24) is 0 Å². The molecule has 24 heavy (non-hydrogen) atoms. The lowest BCUT2D eigenvalue weighted by Gasteiger charge is -2.19. The first-order valence-corrected chi connectivity index (χ1v) is 8.79. The van der Waals surface area contributed by atoms with Crippen LogP contribution in [-0.4, -0.2) is 25.7 Å². The third-order valence-corrected chi connectivity index (χ3v) is 4.76. The van der Waals surface area contributed by atoms with Crippen molar-refractivity contribution < 1.29 is 9.53 Å². The lowest BCUT2D eigenvalue weighted by molar-refractivity contribution is -0.146. The number of rotatable bonds is 6. The fourth-order valence-electron chi connectivity index (χ4n) is 3.37. The van der Waals surface area contributed by atoms with Gasteiger partial charge in [-0.05, 0) is 30.5 Å². The topological polar surface area (TPSA) is 29.5 Å². The number of ether oxygens (including phenoxy) is 1. The van der Waals surface area contributed by atoms with Gasteiger partial charge in [-0.1, -0.05) is 55.5 Å². The monoisotopic (exact) mass is 323 g/mol. The summed E-state index contributed by atoms with van der Waals surface area (Å²) in [6.45, 7) is 4.54. The Hall–Kier alpha value is -2.29. The Morgan fingerprint density at radius 1 is 1.12 bits per heavy atom. The molecule has 0 radical (unpaired) electrons. The molecule has 2 aromatic rings. The molecule has 3 rings (SSSR count). The molecular formula is C21H25NO2. The molecule has 1 aliphatic heterocycles. The van der Waals surface area contributed by atoms with Crippen LogP contribution in [0.15, 0.2) is 60.7 Å². The third kappa shape index (κ3) is 3.97. The van der Waals surface area contributed by atoms with Crippen LogP contribution in [0.2, 0.25) is 0 Å². The Morgan fingerprint density at radius 3 is 2.46 bits per heavy atom. The van der Waals surface area contributed by atoms with Gasteiger partial charge >= 0.3 is 5.97 Å². The van der Waals surface area contributed by atoms with Crippen molar-refractivity contribution in [3.8, 4) is 0 Å². The van der Waals surface area contributed by atoms with Crippen LogP contribution in [0.25, 0.3) is 0 Å². The van der Waals surface area contributed by atoms with E-state index in [2.05, 4.69) is 29.2 Å². The predicted molar refractivity (Wildman–Crippen MR) is 97.2 cm³/mol. The van der Waals surface area contributed by atoms with Gasteiger partial charge in [-0.3, -0.25) is 4.79 Å². The van der Waals surface area contributed by atoms with E-state index in [1.54, 1.807) is 0 Å². The fraction of sp³-hybridized carbons (Fsp3) is 0.381. The van der Waals surface area contributed by atoms with Gasteiger partial charge in [0.2, 0.25) is 0 Å². The second-order valence-corrected chi connectivity index (χ2v) is 6.44. The van der Waals surface area contributed by atoms with Crippen LogP contribution in [0.5, 0.6) is 0 Å². The zero-order valence-electron chi connectivity index (χ0n) is 14.2. The molecule has 3 heteroatoms. The zero-order valence-corrected chi connectivity index (χ0v) is 14.2. The van der Waals surface area contributed by atoms with E-state index in [0.29, 0.717) is 12.5 Å². The first kappa shape index (κ1) is 16.6. The second-order valence-electron chi connectivity index (χ2n) is 6.44. The molecule has 0 aromatic heterocycles. The summed E-state index contributed by atoms with van der Waals surface area (Å²) in [6.07, 6.45) is 1.84. The molecule has 1 fully saturated rings. The van der Waals surface area contributed by atoms with E-state index in [0.717, 1.165) is 31.5 Å². The van der Waals surface area contributed by atoms with E-state index in [1.165, 1.54) is 5.69 Å². The maximum Gasteiger partial charge on any atom is 0.313 e. The van der Waals surface area contributed by atoms with Crippen molar-refractivity contribution in [2.24, 2.45) is 5.92 Å². The Bertz CT molecular complexity index is 641. The summed E-state index contributed by atoms with van der Waals surface area (Å²) >= 11 is 0. The number of anilines is 1. The van der Waals surface area contributed by atoms with E-state index < -0.39 is 0 Å². The molecule has 1 saturated heterocycles. The number of benzene rings is 2. The molecule has 2 unspecified atom stereocenters. The number of hydrogen-bond donors (Lipinski definition) is 0. The molecular weight excluding hydrogens is 298 g/mol. The Labute approximate surface area is 144 Å². The van der Waals surface area contributed by atoms with Crippen molar-refractivity contribution in [1.29, 1.82) is 0 Å². The van der Waals surface area contributed by atoms with Gasteiger partial charge in [-0.25, -0.2) is 0 Å². The van der Waals surface area contributed by atoms with E-state index in [1.807, 2.05) is 43.3 Å². The van der Waals surface area contributed by atoms with E-state index in [9.17, 15) is 4.79 Å². The van der Waals surface area contributed by atoms with Gasteiger partial charge in [0.05, 0.1) is 12.5 Å². The second kappa shape index (κ2) is 8.00. The van der Waals surface area contributed by atoms with E-state index >= 15 is 0 Å². The highest BCUT2D eigenvalue weighted by Gasteiger charge is 2.26. The molecule has 1 aliphatic rings. The van der Waals surface area contributed by atoms with Crippen LogP contribution in [0.4, 0.5) is 5.69 Å². The summed E-state index contributed by atoms with van der Waals surface area (Å²) in [7, 11) is 0. The lowest BCUT2D eigenvalue weighted by atomic mass is 9.97. The maximum atomic E-state index is 12.4. The lowest BCUT2D eigenvalue weighted by Crippen LogP contribution is -2.23. The first-order valence-electron chi connectivity index (χ1n) is 8.79. The van der Waals surface area contributed by atoms with Crippen molar-refractivity contribution in [2.75, 3.05) is 24.6 Å². The summed E-state index contributed by atoms with van der Waals surface area (Å²) in [5.74, 6) is 0.169. The molecule has 0 saturated carbocycles. The average molecular weight is 323 g/mol. The van der Waals surface area contributed by atoms with Crippen LogP contribution in [-0.2, 0) is 9.53 Å². The normalized spacial score (nSPS) is 18.4. The quantitative estimate of drug-likeness (QED) is 0.744. The molecule has 0 bridgehead atoms. The minimum atomic E-state index is -0.155. The van der Waals surface area contributed by atoms with E-state index in [4.69, 9.17) is 4.74 Å². The average Bonchev–Trinajstić information content (AvgIpc) is 3.11. The number of carbonyl (C=O) groups excluding carboxylic acids is 1. The van der Waals surface area contributed by atoms with Crippen molar-refractivity contribution in [3.63, 3.8) is 0 Å². The Morgan fingerprint density at radius 2 is 1.79 bits per heavy atom. The van der Waals surface area contributed by atoms with Gasteiger partial charge in [-0.2, -0.15) is 0 Å². The Kier molecular flexibility index (Phi) is 5.52. The molecule has 126 valence electrons. The largest absolute Gasteiger partial charge is 0.465 e. The molecule has 2 atom stereocenters. The highest BCUT2D eigenvalue weighted by Crippen LogP contribution is 2.25. The molecule has 0 N–H and O–H groups in total. The smallest absolute Gasteiger partial charge is 0.313 e. The summed E-state index contributed by atoms with van der Waals surface area (Å²) in [4.78, 5) is 14.8. The van der Waals surface area contributed by atoms with Crippen LogP contribution in [0.1, 0.15) is 31.2 Å². The fourth-order valence-corrected chi connectivity index (χ4v) is 3.37. The summed E-state index contributed by atoms with van der Waals surface area (Å²) in [5.41, 5.74) is 2.30. The van der Waals surface area contributed by atoms with Gasteiger partial charge in [0, 0.05) is 24.7 Å². The van der Waals surface area contributed by atoms with E-state index in [-0.39, 0.29) is 11.9 Å². The number of nitrogens with zero attached hydrogens (tertiary/aromatic N) is 1. The standard InChI is InChI=1S/C21H25NO2/c1-2-20(18-9-5-3-6-10-18)21(23)24-16-17-13-14-22(15-17)19-11-7-4-8-12-19/h3-12,17,20H,2,13-16H2,1H3. The first-order chi connectivity index (χ1) is 11.8. The SMILES string of the molecule is CCC(C(=O)OCC1CCN(c2ccccc2)C1)c1ccccc1. The van der Waals surface area contributed by atoms with Crippen LogP contribution < -0.4 is 4.90 Å². The molecule has 0 aliphatic carbocycles. The summed E-state index contributed by atoms with van der Waals surface area (Å²) in [5, 5.41) is 0. The number of hydrogen-bond acceptors (Lipinski definition) is 3. The highest BCUT2D eigenvalue weighted by molar-refractivity contribution is 5.78. The minimum absolute atomic E-state index is 0.0955. The van der Waals surface area contributed by atoms with Crippen molar-refractivity contribution >= 4 is 11.7 Å². The maximum absolute atomic E-state index is 12.4. The number of carbonyl (C=O) groups is 1.